The van der Waals surface area contributed by atoms with E-state index < -0.39 is 17.2 Å². The Morgan fingerprint density at radius 2 is 2.00 bits per heavy atom. The van der Waals surface area contributed by atoms with Crippen molar-refractivity contribution in [1.29, 1.82) is 0 Å². The number of aromatic nitrogens is 5. The molecule has 1 amide bonds. The first-order valence-corrected chi connectivity index (χ1v) is 11.6. The van der Waals surface area contributed by atoms with Crippen LogP contribution in [0, 0.1) is 23.5 Å². The number of nitrogens with one attached hydrogen (secondary N) is 1. The van der Waals surface area contributed by atoms with Gasteiger partial charge < -0.3 is 20.1 Å². The van der Waals surface area contributed by atoms with Gasteiger partial charge in [0, 0.05) is 37.1 Å². The van der Waals surface area contributed by atoms with Crippen molar-refractivity contribution in [2.24, 2.45) is 0 Å². The van der Waals surface area contributed by atoms with Crippen LogP contribution in [0.1, 0.15) is 23.7 Å². The number of benzene rings is 1. The molecule has 1 aliphatic heterocycles. The minimum atomic E-state index is -0.972. The minimum absolute atomic E-state index is 0.139. The minimum Gasteiger partial charge on any atom is -0.493 e. The average molecular weight is 520 g/mol. The Balaban J connectivity index is 1.72. The van der Waals surface area contributed by atoms with E-state index in [9.17, 15) is 13.6 Å². The summed E-state index contributed by atoms with van der Waals surface area (Å²) in [4.78, 5) is 18.2. The van der Waals surface area contributed by atoms with E-state index >= 15 is 0 Å². The van der Waals surface area contributed by atoms with E-state index in [0.29, 0.717) is 41.7 Å². The third-order valence-corrected chi connectivity index (χ3v) is 6.42. The first-order chi connectivity index (χ1) is 18.4. The lowest BCUT2D eigenvalue weighted by Crippen LogP contribution is -2.27. The molecule has 5 rings (SSSR count). The molecule has 0 saturated carbocycles. The Morgan fingerprint density at radius 3 is 2.63 bits per heavy atom. The highest BCUT2D eigenvalue weighted by atomic mass is 19.1. The highest BCUT2D eigenvalue weighted by Gasteiger charge is 2.30. The van der Waals surface area contributed by atoms with Gasteiger partial charge in [-0.25, -0.2) is 13.8 Å². The van der Waals surface area contributed by atoms with Crippen molar-refractivity contribution in [3.8, 4) is 34.6 Å². The number of halogens is 2. The van der Waals surface area contributed by atoms with Gasteiger partial charge in [-0.15, -0.1) is 0 Å². The van der Waals surface area contributed by atoms with Crippen molar-refractivity contribution < 1.29 is 23.0 Å². The molecule has 0 radical (unpaired) electrons. The number of H-pyrrole nitrogens is 1. The van der Waals surface area contributed by atoms with Gasteiger partial charge in [-0.1, -0.05) is 12.5 Å². The van der Waals surface area contributed by atoms with Crippen molar-refractivity contribution >= 4 is 22.6 Å². The smallest absolute Gasteiger partial charge is 0.246 e. The topological polar surface area (TPSA) is 124 Å². The second kappa shape index (κ2) is 9.85. The Hall–Kier alpha value is -4.92. The number of methoxy groups -OCH3 is 2. The summed E-state index contributed by atoms with van der Waals surface area (Å²) in [5.41, 5.74) is 7.83. The number of pyridine rings is 1. The number of hydrogen-bond acceptors (Lipinski definition) is 7. The van der Waals surface area contributed by atoms with E-state index in [4.69, 9.17) is 20.3 Å². The number of aromatic amines is 1. The van der Waals surface area contributed by atoms with Gasteiger partial charge in [0.05, 0.1) is 36.9 Å². The monoisotopic (exact) mass is 519 g/mol. The number of ether oxygens (including phenoxy) is 2. The molecular weight excluding hydrogens is 496 g/mol. The maximum absolute atomic E-state index is 15.0. The van der Waals surface area contributed by atoms with Crippen molar-refractivity contribution in [1.82, 2.24) is 29.9 Å². The molecule has 1 aliphatic rings. The number of nitrogens with two attached hydrogens (primary N) is 1. The van der Waals surface area contributed by atoms with Gasteiger partial charge in [0.15, 0.2) is 23.1 Å². The lowest BCUT2D eigenvalue weighted by atomic mass is 10.1. The molecule has 1 atom stereocenters. The summed E-state index contributed by atoms with van der Waals surface area (Å²) < 4.78 is 41.7. The van der Waals surface area contributed by atoms with E-state index in [1.807, 2.05) is 0 Å². The van der Waals surface area contributed by atoms with Crippen LogP contribution in [0.3, 0.4) is 0 Å². The zero-order chi connectivity index (χ0) is 27.0. The fourth-order valence-electron chi connectivity index (χ4n) is 4.54. The van der Waals surface area contributed by atoms with Crippen LogP contribution >= 0.6 is 0 Å². The van der Waals surface area contributed by atoms with Gasteiger partial charge in [-0.05, 0) is 24.5 Å². The molecule has 4 aromatic rings. The predicted molar refractivity (Wildman–Crippen MR) is 135 cm³/mol. The van der Waals surface area contributed by atoms with Crippen molar-refractivity contribution in [2.75, 3.05) is 33.0 Å². The van der Waals surface area contributed by atoms with E-state index in [0.717, 1.165) is 6.07 Å². The SMILES string of the molecule is C=CC(=O)N1CCC(n2nc(C#Cc3c(F)c(OC)cc(OC)c3F)c3c(N)ncc(-c4ccn[nH]4)c32)C1. The number of carbonyl (C=O) groups excluding carboxylic acids is 1. The highest BCUT2D eigenvalue weighted by molar-refractivity contribution is 6.01. The number of rotatable bonds is 5. The molecule has 0 aliphatic carbocycles. The van der Waals surface area contributed by atoms with Crippen LogP contribution in [0.15, 0.2) is 37.2 Å². The van der Waals surface area contributed by atoms with Crippen LogP contribution in [0.4, 0.5) is 14.6 Å². The molecule has 1 unspecified atom stereocenters. The molecule has 1 saturated heterocycles. The number of nitrogen functional groups attached to an aromatic ring is 1. The van der Waals surface area contributed by atoms with E-state index in [-0.39, 0.29) is 35.0 Å². The number of hydrogen-bond donors (Lipinski definition) is 2. The third kappa shape index (κ3) is 4.07. The second-order valence-electron chi connectivity index (χ2n) is 8.51. The van der Waals surface area contributed by atoms with Crippen molar-refractivity contribution in [3.05, 3.63) is 60.1 Å². The summed E-state index contributed by atoms with van der Waals surface area (Å²) in [5, 5.41) is 12.0. The maximum Gasteiger partial charge on any atom is 0.246 e. The van der Waals surface area contributed by atoms with E-state index in [1.165, 1.54) is 20.3 Å². The average Bonchev–Trinajstić information content (AvgIpc) is 3.69. The van der Waals surface area contributed by atoms with Crippen LogP contribution in [0.2, 0.25) is 0 Å². The summed E-state index contributed by atoms with van der Waals surface area (Å²) in [7, 11) is 2.51. The molecule has 3 N–H and O–H groups in total. The van der Waals surface area contributed by atoms with Gasteiger partial charge in [0.25, 0.3) is 0 Å². The summed E-state index contributed by atoms with van der Waals surface area (Å²) in [6.07, 6.45) is 5.07. The number of amides is 1. The summed E-state index contributed by atoms with van der Waals surface area (Å²) >= 11 is 0. The van der Waals surface area contributed by atoms with E-state index in [1.54, 1.807) is 28.0 Å². The lowest BCUT2D eigenvalue weighted by molar-refractivity contribution is -0.125. The van der Waals surface area contributed by atoms with Gasteiger partial charge in [-0.3, -0.25) is 14.6 Å². The lowest BCUT2D eigenvalue weighted by Gasteiger charge is -2.16. The molecule has 194 valence electrons. The number of likely N-dealkylation sites (tertiary alicyclic amines) is 1. The molecular formula is C26H23F2N7O3. The Labute approximate surface area is 216 Å². The van der Waals surface area contributed by atoms with E-state index in [2.05, 4.69) is 33.6 Å². The molecule has 10 nitrogen and oxygen atoms in total. The van der Waals surface area contributed by atoms with Gasteiger partial charge in [-0.2, -0.15) is 10.2 Å². The second-order valence-corrected chi connectivity index (χ2v) is 8.51. The first kappa shape index (κ1) is 24.8. The zero-order valence-corrected chi connectivity index (χ0v) is 20.6. The third-order valence-electron chi connectivity index (χ3n) is 6.42. The van der Waals surface area contributed by atoms with Gasteiger partial charge >= 0.3 is 0 Å². The quantitative estimate of drug-likeness (QED) is 0.307. The van der Waals surface area contributed by atoms with Gasteiger partial charge in [0.1, 0.15) is 17.1 Å². The summed E-state index contributed by atoms with van der Waals surface area (Å²) in [6, 6.07) is 2.66. The Kier molecular flexibility index (Phi) is 6.42. The summed E-state index contributed by atoms with van der Waals surface area (Å²) in [5.74, 6) is 2.89. The number of nitrogens with zero attached hydrogens (tertiary/aromatic N) is 5. The molecule has 0 spiro atoms. The number of fused-ring (bicyclic) bond motifs is 1. The van der Waals surface area contributed by atoms with Crippen LogP contribution in [0.5, 0.6) is 11.5 Å². The molecule has 4 heterocycles. The molecule has 3 aromatic heterocycles. The number of carbonyl (C=O) groups is 1. The van der Waals surface area contributed by atoms with Crippen LogP contribution in [0.25, 0.3) is 22.2 Å². The van der Waals surface area contributed by atoms with Gasteiger partial charge in [0.2, 0.25) is 5.91 Å². The molecule has 0 bridgehead atoms. The Morgan fingerprint density at radius 1 is 1.26 bits per heavy atom. The first-order valence-electron chi connectivity index (χ1n) is 11.6. The zero-order valence-electron chi connectivity index (χ0n) is 20.6. The summed E-state index contributed by atoms with van der Waals surface area (Å²) in [6.45, 7) is 4.46. The maximum atomic E-state index is 15.0. The van der Waals surface area contributed by atoms with Crippen LogP contribution in [-0.2, 0) is 4.79 Å². The molecule has 1 fully saturated rings. The largest absolute Gasteiger partial charge is 0.493 e. The van der Waals surface area contributed by atoms with Crippen molar-refractivity contribution in [2.45, 2.75) is 12.5 Å². The normalized spacial score (nSPS) is 14.8. The molecule has 38 heavy (non-hydrogen) atoms. The highest BCUT2D eigenvalue weighted by Crippen LogP contribution is 2.36. The predicted octanol–water partition coefficient (Wildman–Crippen LogP) is 3.06. The number of anilines is 1. The fraction of sp³-hybridized carbons (Fsp3) is 0.231. The molecule has 12 heteroatoms. The van der Waals surface area contributed by atoms with Crippen molar-refractivity contribution in [3.63, 3.8) is 0 Å². The standard InChI is InChI=1S/C26H23F2N7O3/c1-4-21(36)34-10-8-14(13-34)35-25-16(17-7-9-31-32-17)12-30-26(29)22(25)18(33-35)6-5-15-23(27)19(37-2)11-20(38-3)24(15)28/h4,7,9,11-12,14H,1,8,10,13H2,2-3H3,(H2,29,30)(H,31,32). The van der Waals surface area contributed by atoms with Crippen LogP contribution in [-0.4, -0.2) is 63.1 Å². The van der Waals surface area contributed by atoms with Crippen LogP contribution < -0.4 is 15.2 Å². The Bertz CT molecular complexity index is 1590. The molecule has 1 aromatic carbocycles. The fourth-order valence-corrected chi connectivity index (χ4v) is 4.54.